The maximum atomic E-state index is 12.7. The number of carbonyl (C=O) groups is 2. The molecule has 4 heteroatoms. The van der Waals surface area contributed by atoms with Crippen LogP contribution in [0.15, 0.2) is 60.7 Å². The maximum absolute atomic E-state index is 12.7. The van der Waals surface area contributed by atoms with Crippen molar-refractivity contribution >= 4 is 34.0 Å². The molecule has 3 aromatic rings. The number of fused-ring (bicyclic) bond motifs is 2. The zero-order chi connectivity index (χ0) is 16.7. The minimum absolute atomic E-state index is 0.0718. The fourth-order valence-electron chi connectivity index (χ4n) is 3.17. The Morgan fingerprint density at radius 3 is 2.71 bits per heavy atom. The molecule has 0 atom stereocenters. The first-order chi connectivity index (χ1) is 11.6. The SMILES string of the molecule is CN1C(=O)Cc2cc(NC(=O)c3cccc4ccccc34)ccc21. The van der Waals surface area contributed by atoms with Gasteiger partial charge in [-0.3, -0.25) is 9.59 Å². The molecule has 1 aliphatic rings. The molecular weight excluding hydrogens is 300 g/mol. The number of nitrogens with zero attached hydrogens (tertiary/aromatic N) is 1. The molecule has 0 aliphatic carbocycles. The molecule has 3 aromatic carbocycles. The third-order valence-corrected chi connectivity index (χ3v) is 4.45. The van der Waals surface area contributed by atoms with Crippen molar-refractivity contribution in [2.24, 2.45) is 0 Å². The molecule has 4 rings (SSSR count). The minimum Gasteiger partial charge on any atom is -0.322 e. The number of hydrogen-bond acceptors (Lipinski definition) is 2. The van der Waals surface area contributed by atoms with Crippen LogP contribution in [0.25, 0.3) is 10.8 Å². The first kappa shape index (κ1) is 14.5. The van der Waals surface area contributed by atoms with Crippen LogP contribution in [0.3, 0.4) is 0 Å². The van der Waals surface area contributed by atoms with Crippen molar-refractivity contribution in [2.75, 3.05) is 17.3 Å². The van der Waals surface area contributed by atoms with Gasteiger partial charge in [0.2, 0.25) is 5.91 Å². The van der Waals surface area contributed by atoms with Crippen LogP contribution in [-0.4, -0.2) is 18.9 Å². The van der Waals surface area contributed by atoms with E-state index in [-0.39, 0.29) is 11.8 Å². The van der Waals surface area contributed by atoms with Crippen LogP contribution >= 0.6 is 0 Å². The van der Waals surface area contributed by atoms with Crippen molar-refractivity contribution in [1.29, 1.82) is 0 Å². The molecule has 0 saturated carbocycles. The smallest absolute Gasteiger partial charge is 0.256 e. The average Bonchev–Trinajstić information content (AvgIpc) is 2.88. The topological polar surface area (TPSA) is 49.4 Å². The Balaban J connectivity index is 1.65. The van der Waals surface area contributed by atoms with Crippen molar-refractivity contribution in [3.8, 4) is 0 Å². The van der Waals surface area contributed by atoms with Gasteiger partial charge in [-0.1, -0.05) is 36.4 Å². The van der Waals surface area contributed by atoms with E-state index in [9.17, 15) is 9.59 Å². The average molecular weight is 316 g/mol. The number of anilines is 2. The van der Waals surface area contributed by atoms with E-state index in [2.05, 4.69) is 5.32 Å². The lowest BCUT2D eigenvalue weighted by molar-refractivity contribution is -0.117. The third-order valence-electron chi connectivity index (χ3n) is 4.45. The molecule has 4 nitrogen and oxygen atoms in total. The summed E-state index contributed by atoms with van der Waals surface area (Å²) in [5.74, 6) is -0.0769. The first-order valence-electron chi connectivity index (χ1n) is 7.82. The van der Waals surface area contributed by atoms with Crippen molar-refractivity contribution < 1.29 is 9.59 Å². The number of rotatable bonds is 2. The molecule has 0 saturated heterocycles. The highest BCUT2D eigenvalue weighted by atomic mass is 16.2. The number of nitrogens with one attached hydrogen (secondary N) is 1. The molecular formula is C20H16N2O2. The van der Waals surface area contributed by atoms with E-state index in [1.807, 2.05) is 60.7 Å². The van der Waals surface area contributed by atoms with Gasteiger partial charge in [-0.15, -0.1) is 0 Å². The normalized spacial score (nSPS) is 13.2. The number of likely N-dealkylation sites (N-methyl/N-ethyl adjacent to an activating group) is 1. The van der Waals surface area contributed by atoms with Crippen LogP contribution in [0.5, 0.6) is 0 Å². The molecule has 1 aliphatic heterocycles. The van der Waals surface area contributed by atoms with Gasteiger partial charge in [0.05, 0.1) is 6.42 Å². The summed E-state index contributed by atoms with van der Waals surface area (Å²) < 4.78 is 0. The van der Waals surface area contributed by atoms with Crippen LogP contribution in [0, 0.1) is 0 Å². The summed E-state index contributed by atoms with van der Waals surface area (Å²) in [6, 6.07) is 19.1. The lowest BCUT2D eigenvalue weighted by Gasteiger charge is -2.12. The van der Waals surface area contributed by atoms with Crippen molar-refractivity contribution in [3.63, 3.8) is 0 Å². The second kappa shape index (κ2) is 5.49. The Morgan fingerprint density at radius 1 is 1.04 bits per heavy atom. The monoisotopic (exact) mass is 316 g/mol. The molecule has 0 radical (unpaired) electrons. The fraction of sp³-hybridized carbons (Fsp3) is 0.100. The van der Waals surface area contributed by atoms with E-state index in [4.69, 9.17) is 0 Å². The van der Waals surface area contributed by atoms with E-state index >= 15 is 0 Å². The number of hydrogen-bond donors (Lipinski definition) is 1. The minimum atomic E-state index is -0.149. The van der Waals surface area contributed by atoms with Gasteiger partial charge in [0.1, 0.15) is 0 Å². The lowest BCUT2D eigenvalue weighted by atomic mass is 10.0. The summed E-state index contributed by atoms with van der Waals surface area (Å²) in [5.41, 5.74) is 3.19. The van der Waals surface area contributed by atoms with Crippen LogP contribution in [0.4, 0.5) is 11.4 Å². The van der Waals surface area contributed by atoms with Crippen LogP contribution in [-0.2, 0) is 11.2 Å². The molecule has 1 heterocycles. The van der Waals surface area contributed by atoms with Crippen molar-refractivity contribution in [1.82, 2.24) is 0 Å². The molecule has 24 heavy (non-hydrogen) atoms. The summed E-state index contributed by atoms with van der Waals surface area (Å²) in [7, 11) is 1.77. The maximum Gasteiger partial charge on any atom is 0.256 e. The van der Waals surface area contributed by atoms with Crippen LogP contribution in [0.2, 0.25) is 0 Å². The molecule has 0 unspecified atom stereocenters. The first-order valence-corrected chi connectivity index (χ1v) is 7.82. The van der Waals surface area contributed by atoms with E-state index in [1.54, 1.807) is 11.9 Å². The lowest BCUT2D eigenvalue weighted by Crippen LogP contribution is -2.20. The molecule has 1 N–H and O–H groups in total. The highest BCUT2D eigenvalue weighted by molar-refractivity contribution is 6.13. The molecule has 0 spiro atoms. The Labute approximate surface area is 139 Å². The Bertz CT molecular complexity index is 973. The molecule has 0 fully saturated rings. The zero-order valence-electron chi connectivity index (χ0n) is 13.2. The Morgan fingerprint density at radius 2 is 1.83 bits per heavy atom. The van der Waals surface area contributed by atoms with Crippen LogP contribution < -0.4 is 10.2 Å². The predicted octanol–water partition coefficient (Wildman–Crippen LogP) is 3.61. The van der Waals surface area contributed by atoms with Crippen molar-refractivity contribution in [3.05, 3.63) is 71.8 Å². The summed E-state index contributed by atoms with van der Waals surface area (Å²) >= 11 is 0. The van der Waals surface area contributed by atoms with Gasteiger partial charge in [-0.05, 0) is 40.6 Å². The number of benzene rings is 3. The van der Waals surface area contributed by atoms with Gasteiger partial charge in [0, 0.05) is 24.0 Å². The summed E-state index contributed by atoms with van der Waals surface area (Å²) in [6.45, 7) is 0. The number of carbonyl (C=O) groups excluding carboxylic acids is 2. The van der Waals surface area contributed by atoms with Gasteiger partial charge in [-0.25, -0.2) is 0 Å². The van der Waals surface area contributed by atoms with E-state index < -0.39 is 0 Å². The molecule has 0 aromatic heterocycles. The molecule has 118 valence electrons. The Kier molecular flexibility index (Phi) is 3.31. The van der Waals surface area contributed by atoms with Gasteiger partial charge < -0.3 is 10.2 Å². The quantitative estimate of drug-likeness (QED) is 0.785. The molecule has 0 bridgehead atoms. The highest BCUT2D eigenvalue weighted by Gasteiger charge is 2.24. The highest BCUT2D eigenvalue weighted by Crippen LogP contribution is 2.30. The van der Waals surface area contributed by atoms with Gasteiger partial charge in [0.15, 0.2) is 0 Å². The second-order valence-corrected chi connectivity index (χ2v) is 5.95. The van der Waals surface area contributed by atoms with Gasteiger partial charge in [0.25, 0.3) is 5.91 Å². The van der Waals surface area contributed by atoms with Crippen LogP contribution in [0.1, 0.15) is 15.9 Å². The van der Waals surface area contributed by atoms with E-state index in [1.165, 1.54) is 0 Å². The summed E-state index contributed by atoms with van der Waals surface area (Å²) in [4.78, 5) is 26.1. The third kappa shape index (κ3) is 2.33. The second-order valence-electron chi connectivity index (χ2n) is 5.95. The standard InChI is InChI=1S/C20H16N2O2/c1-22-18-10-9-15(11-14(18)12-19(22)23)21-20(24)17-8-4-6-13-5-2-3-7-16(13)17/h2-11H,12H2,1H3,(H,21,24). The largest absolute Gasteiger partial charge is 0.322 e. The molecule has 2 amide bonds. The summed E-state index contributed by atoms with van der Waals surface area (Å²) in [6.07, 6.45) is 0.379. The van der Waals surface area contributed by atoms with Crippen molar-refractivity contribution in [2.45, 2.75) is 6.42 Å². The predicted molar refractivity (Wildman–Crippen MR) is 95.5 cm³/mol. The zero-order valence-corrected chi connectivity index (χ0v) is 13.2. The van der Waals surface area contributed by atoms with Gasteiger partial charge >= 0.3 is 0 Å². The van der Waals surface area contributed by atoms with Gasteiger partial charge in [-0.2, -0.15) is 0 Å². The fourth-order valence-corrected chi connectivity index (χ4v) is 3.17. The van der Waals surface area contributed by atoms with E-state index in [0.29, 0.717) is 17.7 Å². The van der Waals surface area contributed by atoms with E-state index in [0.717, 1.165) is 22.0 Å². The Hall–Kier alpha value is -3.14. The summed E-state index contributed by atoms with van der Waals surface area (Å²) in [5, 5.41) is 4.90. The number of amides is 2.